The highest BCUT2D eigenvalue weighted by molar-refractivity contribution is 5.84. The summed E-state index contributed by atoms with van der Waals surface area (Å²) in [5.41, 5.74) is 11.7. The molecule has 0 unspecified atom stereocenters. The van der Waals surface area contributed by atoms with E-state index < -0.39 is 0 Å². The zero-order valence-electron chi connectivity index (χ0n) is 23.3. The molecule has 38 heavy (non-hydrogen) atoms. The van der Waals surface area contributed by atoms with E-state index in [-0.39, 0.29) is 0 Å². The highest BCUT2D eigenvalue weighted by Crippen LogP contribution is 2.34. The molecule has 210 valence electrons. The van der Waals surface area contributed by atoms with Gasteiger partial charge in [0.25, 0.3) is 0 Å². The van der Waals surface area contributed by atoms with Gasteiger partial charge < -0.3 is 25.9 Å². The van der Waals surface area contributed by atoms with E-state index in [4.69, 9.17) is 20.7 Å². The lowest BCUT2D eigenvalue weighted by Crippen LogP contribution is -2.38. The average Bonchev–Trinajstić information content (AvgIpc) is 3.62. The molecule has 4 aliphatic rings. The predicted molar refractivity (Wildman–Crippen MR) is 154 cm³/mol. The second kappa shape index (κ2) is 12.5. The number of nitrogens with two attached hydrogens (primary N) is 1. The second-order valence-electron chi connectivity index (χ2n) is 12.5. The molecule has 4 N–H and O–H groups in total. The summed E-state index contributed by atoms with van der Waals surface area (Å²) in [4.78, 5) is 17.5. The molecule has 9 heteroatoms. The summed E-state index contributed by atoms with van der Waals surface area (Å²) in [6.45, 7) is 6.05. The monoisotopic (exact) mass is 523 g/mol. The van der Waals surface area contributed by atoms with Crippen molar-refractivity contribution in [2.75, 3.05) is 43.5 Å². The fourth-order valence-electron chi connectivity index (χ4n) is 7.22. The first-order valence-electron chi connectivity index (χ1n) is 15.7. The molecule has 2 aliphatic heterocycles. The summed E-state index contributed by atoms with van der Waals surface area (Å²) >= 11 is 0. The zero-order valence-corrected chi connectivity index (χ0v) is 23.3. The van der Waals surface area contributed by atoms with E-state index in [1.165, 1.54) is 90.3 Å². The van der Waals surface area contributed by atoms with Gasteiger partial charge in [0.05, 0.1) is 6.33 Å². The molecular weight excluding hydrogens is 474 g/mol. The third-order valence-electron chi connectivity index (χ3n) is 9.66. The maximum absolute atomic E-state index is 6.15. The Bertz CT molecular complexity index is 1010. The quantitative estimate of drug-likeness (QED) is 0.426. The predicted octanol–water partition coefficient (Wildman–Crippen LogP) is 4.93. The molecule has 6 rings (SSSR count). The molecule has 0 amide bonds. The lowest BCUT2D eigenvalue weighted by molar-refractivity contribution is 0.188. The molecular formula is C29H49N9. The van der Waals surface area contributed by atoms with Crippen molar-refractivity contribution in [1.82, 2.24) is 29.4 Å². The Kier molecular flexibility index (Phi) is 8.62. The summed E-state index contributed by atoms with van der Waals surface area (Å²) in [5.74, 6) is 2.43. The molecule has 2 saturated heterocycles. The number of anilines is 2. The summed E-state index contributed by atoms with van der Waals surface area (Å²) in [6, 6.07) is 1.23. The number of hydrogen-bond donors (Lipinski definition) is 3. The van der Waals surface area contributed by atoms with Gasteiger partial charge in [0.1, 0.15) is 0 Å². The molecule has 2 aromatic heterocycles. The van der Waals surface area contributed by atoms with Gasteiger partial charge in [-0.3, -0.25) is 0 Å². The molecule has 2 aromatic rings. The van der Waals surface area contributed by atoms with Crippen molar-refractivity contribution >= 4 is 22.9 Å². The van der Waals surface area contributed by atoms with Crippen LogP contribution in [0.15, 0.2) is 6.33 Å². The van der Waals surface area contributed by atoms with E-state index in [0.29, 0.717) is 18.1 Å². The van der Waals surface area contributed by atoms with Gasteiger partial charge in [0.15, 0.2) is 17.0 Å². The number of aromatic nitrogens is 4. The lowest BCUT2D eigenvalue weighted by Gasteiger charge is -2.33. The zero-order chi connectivity index (χ0) is 25.7. The Labute approximate surface area is 228 Å². The number of likely N-dealkylation sites (tertiary alicyclic amines) is 1. The van der Waals surface area contributed by atoms with E-state index >= 15 is 0 Å². The fraction of sp³-hybridized carbons (Fsp3) is 0.828. The maximum Gasteiger partial charge on any atom is 0.227 e. The van der Waals surface area contributed by atoms with Crippen molar-refractivity contribution in [2.24, 2.45) is 11.7 Å². The van der Waals surface area contributed by atoms with Crippen molar-refractivity contribution in [3.63, 3.8) is 0 Å². The van der Waals surface area contributed by atoms with Gasteiger partial charge in [-0.2, -0.15) is 9.97 Å². The van der Waals surface area contributed by atoms with Crippen LogP contribution < -0.4 is 16.5 Å². The number of piperidine rings is 2. The average molecular weight is 524 g/mol. The van der Waals surface area contributed by atoms with Crippen LogP contribution in [-0.2, 0) is 0 Å². The van der Waals surface area contributed by atoms with Crippen LogP contribution in [0.3, 0.4) is 0 Å². The molecule has 4 fully saturated rings. The molecule has 0 aromatic carbocycles. The van der Waals surface area contributed by atoms with Crippen molar-refractivity contribution < 1.29 is 0 Å². The first-order chi connectivity index (χ1) is 18.7. The molecule has 4 heterocycles. The van der Waals surface area contributed by atoms with Crippen LogP contribution in [0.4, 0.5) is 11.8 Å². The molecule has 2 saturated carbocycles. The van der Waals surface area contributed by atoms with E-state index in [1.54, 1.807) is 0 Å². The van der Waals surface area contributed by atoms with Gasteiger partial charge in [-0.1, -0.05) is 19.3 Å². The minimum Gasteiger partial charge on any atom is -0.351 e. The summed E-state index contributed by atoms with van der Waals surface area (Å²) in [5, 5.41) is 6.02. The Morgan fingerprint density at radius 1 is 0.842 bits per heavy atom. The lowest BCUT2D eigenvalue weighted by atomic mass is 9.92. The topological polar surface area (TPSA) is 100 Å². The smallest absolute Gasteiger partial charge is 0.227 e. The number of imidazole rings is 1. The number of fused-ring (bicyclic) bond motifs is 1. The van der Waals surface area contributed by atoms with Gasteiger partial charge in [-0.25, -0.2) is 9.99 Å². The summed E-state index contributed by atoms with van der Waals surface area (Å²) in [7, 11) is 0. The number of nitrogens with zero attached hydrogens (tertiary/aromatic N) is 6. The van der Waals surface area contributed by atoms with Gasteiger partial charge in [-0.15, -0.1) is 0 Å². The van der Waals surface area contributed by atoms with Crippen molar-refractivity contribution in [3.05, 3.63) is 6.33 Å². The van der Waals surface area contributed by atoms with Crippen LogP contribution in [0.2, 0.25) is 0 Å². The van der Waals surface area contributed by atoms with Crippen LogP contribution in [0.5, 0.6) is 0 Å². The fourth-order valence-corrected chi connectivity index (χ4v) is 7.22. The highest BCUT2D eigenvalue weighted by Gasteiger charge is 2.26. The SMILES string of the molecule is N[C@H]1CC[C@H](Nc2nc(NN3CCC(CCCN4CCCCC4)CC3)c3ncn(C4CCCC4)c3n2)CC1. The van der Waals surface area contributed by atoms with Crippen LogP contribution in [0, 0.1) is 5.92 Å². The molecule has 0 bridgehead atoms. The first-order valence-corrected chi connectivity index (χ1v) is 15.7. The first kappa shape index (κ1) is 26.3. The third-order valence-corrected chi connectivity index (χ3v) is 9.66. The Morgan fingerprint density at radius 2 is 1.61 bits per heavy atom. The Morgan fingerprint density at radius 3 is 2.37 bits per heavy atom. The van der Waals surface area contributed by atoms with Crippen LogP contribution in [-0.4, -0.2) is 74.2 Å². The van der Waals surface area contributed by atoms with Crippen LogP contribution in [0.25, 0.3) is 11.2 Å². The van der Waals surface area contributed by atoms with Gasteiger partial charge in [-0.05, 0) is 103 Å². The second-order valence-corrected chi connectivity index (χ2v) is 12.5. The number of rotatable bonds is 9. The largest absolute Gasteiger partial charge is 0.351 e. The molecule has 0 spiro atoms. The molecule has 0 atom stereocenters. The van der Waals surface area contributed by atoms with Gasteiger partial charge in [0, 0.05) is 31.2 Å². The normalized spacial score (nSPS) is 26.8. The maximum atomic E-state index is 6.15. The highest BCUT2D eigenvalue weighted by atomic mass is 15.5. The Hall–Kier alpha value is -1.97. The molecule has 9 nitrogen and oxygen atoms in total. The van der Waals surface area contributed by atoms with Crippen molar-refractivity contribution in [1.29, 1.82) is 0 Å². The standard InChI is InChI=1S/C29H49N9/c30-23-10-12-24(13-11-23)32-29-33-27(26-28(34-29)38(21-31-26)25-8-2-3-9-25)35-37-19-14-22(15-20-37)7-6-18-36-16-4-1-5-17-36/h21-25H,1-20,30H2,(H2,32,33,34,35)/t23-,24-. The summed E-state index contributed by atoms with van der Waals surface area (Å²) < 4.78 is 2.31. The minimum atomic E-state index is 0.338. The molecule has 2 aliphatic carbocycles. The molecule has 0 radical (unpaired) electrons. The van der Waals surface area contributed by atoms with Gasteiger partial charge in [0.2, 0.25) is 5.95 Å². The number of hydrazine groups is 1. The Balaban J connectivity index is 1.10. The van der Waals surface area contributed by atoms with E-state index in [1.807, 2.05) is 6.33 Å². The van der Waals surface area contributed by atoms with Crippen molar-refractivity contribution in [3.8, 4) is 0 Å². The minimum absolute atomic E-state index is 0.338. The number of hydrogen-bond acceptors (Lipinski definition) is 8. The van der Waals surface area contributed by atoms with E-state index in [9.17, 15) is 0 Å². The van der Waals surface area contributed by atoms with Crippen molar-refractivity contribution in [2.45, 2.75) is 114 Å². The van der Waals surface area contributed by atoms with Crippen LogP contribution >= 0.6 is 0 Å². The van der Waals surface area contributed by atoms with E-state index in [0.717, 1.165) is 67.6 Å². The third kappa shape index (κ3) is 6.42. The van der Waals surface area contributed by atoms with Crippen LogP contribution in [0.1, 0.15) is 102 Å². The number of nitrogens with one attached hydrogen (secondary N) is 2. The van der Waals surface area contributed by atoms with E-state index in [2.05, 4.69) is 25.2 Å². The summed E-state index contributed by atoms with van der Waals surface area (Å²) in [6.07, 6.45) is 20.8. The van der Waals surface area contributed by atoms with Gasteiger partial charge >= 0.3 is 0 Å².